The highest BCUT2D eigenvalue weighted by molar-refractivity contribution is 7.98. The first-order valence-corrected chi connectivity index (χ1v) is 6.73. The van der Waals surface area contributed by atoms with Crippen molar-refractivity contribution in [2.24, 2.45) is 0 Å². The molecule has 0 radical (unpaired) electrons. The number of nitrogens with zero attached hydrogens (tertiary/aromatic N) is 4. The van der Waals surface area contributed by atoms with E-state index in [0.717, 1.165) is 5.75 Å². The SMILES string of the molecule is Clc1ccn2nc(SCc3ccccc3)nc2n1. The largest absolute Gasteiger partial charge is 0.254 e. The Morgan fingerprint density at radius 3 is 2.78 bits per heavy atom. The van der Waals surface area contributed by atoms with Gasteiger partial charge in [0, 0.05) is 11.9 Å². The van der Waals surface area contributed by atoms with Gasteiger partial charge in [-0.2, -0.15) is 9.97 Å². The third kappa shape index (κ3) is 2.47. The van der Waals surface area contributed by atoms with Gasteiger partial charge in [0.25, 0.3) is 5.78 Å². The molecule has 0 aliphatic heterocycles. The van der Waals surface area contributed by atoms with Crippen molar-refractivity contribution >= 4 is 29.1 Å². The minimum atomic E-state index is 0.425. The number of benzene rings is 1. The van der Waals surface area contributed by atoms with Crippen LogP contribution < -0.4 is 0 Å². The maximum absolute atomic E-state index is 5.80. The summed E-state index contributed by atoms with van der Waals surface area (Å²) in [5.74, 6) is 1.36. The van der Waals surface area contributed by atoms with Gasteiger partial charge in [0.2, 0.25) is 5.16 Å². The Morgan fingerprint density at radius 1 is 1.11 bits per heavy atom. The predicted octanol–water partition coefficient (Wildman–Crippen LogP) is 3.07. The maximum Gasteiger partial charge on any atom is 0.254 e. The van der Waals surface area contributed by atoms with Crippen molar-refractivity contribution in [2.45, 2.75) is 10.9 Å². The first kappa shape index (κ1) is 11.5. The third-order valence-electron chi connectivity index (χ3n) is 2.36. The Kier molecular flexibility index (Phi) is 3.17. The lowest BCUT2D eigenvalue weighted by Crippen LogP contribution is -1.88. The average molecular weight is 277 g/mol. The molecule has 0 N–H and O–H groups in total. The minimum Gasteiger partial charge on any atom is -0.203 e. The van der Waals surface area contributed by atoms with E-state index in [2.05, 4.69) is 27.2 Å². The van der Waals surface area contributed by atoms with Crippen molar-refractivity contribution in [1.82, 2.24) is 19.6 Å². The molecule has 0 unspecified atom stereocenters. The summed E-state index contributed by atoms with van der Waals surface area (Å²) in [7, 11) is 0. The highest BCUT2D eigenvalue weighted by Crippen LogP contribution is 2.19. The lowest BCUT2D eigenvalue weighted by molar-refractivity contribution is 0.879. The Morgan fingerprint density at radius 2 is 1.94 bits per heavy atom. The molecule has 4 nitrogen and oxygen atoms in total. The normalized spacial score (nSPS) is 10.9. The van der Waals surface area contributed by atoms with E-state index in [4.69, 9.17) is 11.6 Å². The smallest absolute Gasteiger partial charge is 0.203 e. The monoisotopic (exact) mass is 276 g/mol. The van der Waals surface area contributed by atoms with Gasteiger partial charge < -0.3 is 0 Å². The summed E-state index contributed by atoms with van der Waals surface area (Å²) in [6.07, 6.45) is 1.75. The molecule has 0 amide bonds. The van der Waals surface area contributed by atoms with E-state index in [1.54, 1.807) is 28.5 Å². The highest BCUT2D eigenvalue weighted by Gasteiger charge is 2.05. The van der Waals surface area contributed by atoms with Gasteiger partial charge in [-0.1, -0.05) is 53.7 Å². The molecule has 0 aliphatic rings. The van der Waals surface area contributed by atoms with E-state index in [1.165, 1.54) is 5.56 Å². The first-order valence-electron chi connectivity index (χ1n) is 5.37. The molecule has 1 aromatic carbocycles. The third-order valence-corrected chi connectivity index (χ3v) is 3.48. The summed E-state index contributed by atoms with van der Waals surface area (Å²) in [6, 6.07) is 11.9. The Bertz CT molecular complexity index is 668. The molecule has 0 spiro atoms. The highest BCUT2D eigenvalue weighted by atomic mass is 35.5. The molecule has 0 atom stereocenters. The van der Waals surface area contributed by atoms with Crippen molar-refractivity contribution < 1.29 is 0 Å². The summed E-state index contributed by atoms with van der Waals surface area (Å²) in [4.78, 5) is 8.40. The Balaban J connectivity index is 1.79. The molecule has 0 saturated carbocycles. The zero-order valence-electron chi connectivity index (χ0n) is 9.32. The summed E-state index contributed by atoms with van der Waals surface area (Å²) in [5.41, 5.74) is 1.24. The van der Waals surface area contributed by atoms with Crippen LogP contribution in [0.1, 0.15) is 5.56 Å². The molecule has 3 aromatic rings. The molecule has 90 valence electrons. The van der Waals surface area contributed by atoms with Crippen LogP contribution in [0.2, 0.25) is 5.15 Å². The van der Waals surface area contributed by atoms with Gasteiger partial charge in [0.15, 0.2) is 0 Å². The van der Waals surface area contributed by atoms with Crippen LogP contribution in [-0.2, 0) is 5.75 Å². The second kappa shape index (κ2) is 4.96. The molecular weight excluding hydrogens is 268 g/mol. The fourth-order valence-electron chi connectivity index (χ4n) is 1.52. The molecule has 18 heavy (non-hydrogen) atoms. The van der Waals surface area contributed by atoms with Crippen LogP contribution >= 0.6 is 23.4 Å². The van der Waals surface area contributed by atoms with Crippen LogP contribution in [0, 0.1) is 0 Å². The summed E-state index contributed by atoms with van der Waals surface area (Å²) < 4.78 is 1.62. The molecular formula is C12H9ClN4S. The van der Waals surface area contributed by atoms with Crippen molar-refractivity contribution in [3.05, 3.63) is 53.3 Å². The van der Waals surface area contributed by atoms with E-state index in [9.17, 15) is 0 Å². The van der Waals surface area contributed by atoms with Crippen molar-refractivity contribution in [3.63, 3.8) is 0 Å². The van der Waals surface area contributed by atoms with Crippen LogP contribution in [0.5, 0.6) is 0 Å². The van der Waals surface area contributed by atoms with Crippen LogP contribution in [-0.4, -0.2) is 19.6 Å². The zero-order chi connectivity index (χ0) is 12.4. The van der Waals surface area contributed by atoms with Crippen molar-refractivity contribution in [1.29, 1.82) is 0 Å². The van der Waals surface area contributed by atoms with Crippen molar-refractivity contribution in [2.75, 3.05) is 0 Å². The predicted molar refractivity (Wildman–Crippen MR) is 71.8 cm³/mol. The molecule has 2 aromatic heterocycles. The Hall–Kier alpha value is -1.59. The molecule has 3 rings (SSSR count). The number of rotatable bonds is 3. The number of halogens is 1. The molecule has 0 bridgehead atoms. The minimum absolute atomic E-state index is 0.425. The van der Waals surface area contributed by atoms with E-state index < -0.39 is 0 Å². The zero-order valence-corrected chi connectivity index (χ0v) is 10.9. The van der Waals surface area contributed by atoms with Crippen molar-refractivity contribution in [3.8, 4) is 0 Å². The number of thioether (sulfide) groups is 1. The van der Waals surface area contributed by atoms with Crippen LogP contribution in [0.4, 0.5) is 0 Å². The topological polar surface area (TPSA) is 43.1 Å². The molecule has 0 aliphatic carbocycles. The fraction of sp³-hybridized carbons (Fsp3) is 0.0833. The lowest BCUT2D eigenvalue weighted by Gasteiger charge is -1.96. The number of fused-ring (bicyclic) bond motifs is 1. The number of aromatic nitrogens is 4. The fourth-order valence-corrected chi connectivity index (χ4v) is 2.43. The van der Waals surface area contributed by atoms with Gasteiger partial charge in [-0.3, -0.25) is 0 Å². The van der Waals surface area contributed by atoms with Gasteiger partial charge in [0.05, 0.1) is 0 Å². The van der Waals surface area contributed by atoms with Gasteiger partial charge in [-0.05, 0) is 11.6 Å². The standard InChI is InChI=1S/C12H9ClN4S/c13-10-6-7-17-11(14-10)15-12(16-17)18-8-9-4-2-1-3-5-9/h1-7H,8H2. The molecule has 6 heteroatoms. The van der Waals surface area contributed by atoms with E-state index in [1.807, 2.05) is 18.2 Å². The van der Waals surface area contributed by atoms with Gasteiger partial charge >= 0.3 is 0 Å². The second-order valence-corrected chi connectivity index (χ2v) is 4.99. The lowest BCUT2D eigenvalue weighted by atomic mass is 10.2. The Labute approximate surface area is 113 Å². The van der Waals surface area contributed by atoms with E-state index in [0.29, 0.717) is 16.1 Å². The number of hydrogen-bond acceptors (Lipinski definition) is 4. The van der Waals surface area contributed by atoms with Gasteiger partial charge in [-0.15, -0.1) is 5.10 Å². The summed E-state index contributed by atoms with van der Waals surface area (Å²) in [6.45, 7) is 0. The number of hydrogen-bond donors (Lipinski definition) is 0. The van der Waals surface area contributed by atoms with Crippen LogP contribution in [0.15, 0.2) is 47.8 Å². The van der Waals surface area contributed by atoms with Gasteiger partial charge in [-0.25, -0.2) is 4.52 Å². The molecule has 0 saturated heterocycles. The first-order chi connectivity index (χ1) is 8.81. The summed E-state index contributed by atoms with van der Waals surface area (Å²) >= 11 is 7.38. The van der Waals surface area contributed by atoms with E-state index >= 15 is 0 Å². The summed E-state index contributed by atoms with van der Waals surface area (Å²) in [5, 5.41) is 5.44. The molecule has 0 fully saturated rings. The average Bonchev–Trinajstić information content (AvgIpc) is 2.79. The van der Waals surface area contributed by atoms with Crippen LogP contribution in [0.25, 0.3) is 5.78 Å². The van der Waals surface area contributed by atoms with Crippen LogP contribution in [0.3, 0.4) is 0 Å². The quantitative estimate of drug-likeness (QED) is 0.545. The van der Waals surface area contributed by atoms with E-state index in [-0.39, 0.29) is 0 Å². The second-order valence-electron chi connectivity index (χ2n) is 3.66. The molecule has 2 heterocycles. The maximum atomic E-state index is 5.80. The van der Waals surface area contributed by atoms with Gasteiger partial charge in [0.1, 0.15) is 5.15 Å².